The molecule has 130 valence electrons. The van der Waals surface area contributed by atoms with Gasteiger partial charge in [0.1, 0.15) is 0 Å². The quantitative estimate of drug-likeness (QED) is 0.693. The Labute approximate surface area is 140 Å². The molecular weight excluding hydrogens is 312 g/mol. The second kappa shape index (κ2) is 9.03. The van der Waals surface area contributed by atoms with E-state index in [9.17, 15) is 13.2 Å². The standard InChI is InChI=1S/C17H28N2O3S/c1-5-11-18(12-6-2)17(20)14-19(23(4,21)22)13-16-9-7-15(3)8-10-16/h7-10H,5-6,11-14H2,1-4H3. The van der Waals surface area contributed by atoms with Crippen molar-refractivity contribution in [2.45, 2.75) is 40.2 Å². The Kier molecular flexibility index (Phi) is 7.72. The Balaban J connectivity index is 2.86. The zero-order valence-corrected chi connectivity index (χ0v) is 15.4. The first kappa shape index (κ1) is 19.6. The van der Waals surface area contributed by atoms with E-state index < -0.39 is 10.0 Å². The molecule has 0 atom stereocenters. The monoisotopic (exact) mass is 340 g/mol. The second-order valence-corrected chi connectivity index (χ2v) is 7.88. The third-order valence-electron chi connectivity index (χ3n) is 3.60. The van der Waals surface area contributed by atoms with Gasteiger partial charge in [0.2, 0.25) is 15.9 Å². The van der Waals surface area contributed by atoms with Crippen molar-refractivity contribution in [3.63, 3.8) is 0 Å². The van der Waals surface area contributed by atoms with Gasteiger partial charge in [-0.1, -0.05) is 43.7 Å². The van der Waals surface area contributed by atoms with Crippen LogP contribution < -0.4 is 0 Å². The van der Waals surface area contributed by atoms with Crippen molar-refractivity contribution in [1.82, 2.24) is 9.21 Å². The molecular formula is C17H28N2O3S. The summed E-state index contributed by atoms with van der Waals surface area (Å²) in [5, 5.41) is 0. The molecule has 1 rings (SSSR count). The first-order valence-electron chi connectivity index (χ1n) is 8.06. The molecule has 0 fully saturated rings. The van der Waals surface area contributed by atoms with Crippen LogP contribution in [0.3, 0.4) is 0 Å². The SMILES string of the molecule is CCCN(CCC)C(=O)CN(Cc1ccc(C)cc1)S(C)(=O)=O. The van der Waals surface area contributed by atoms with E-state index in [4.69, 9.17) is 0 Å². The zero-order valence-electron chi connectivity index (χ0n) is 14.6. The highest BCUT2D eigenvalue weighted by molar-refractivity contribution is 7.88. The van der Waals surface area contributed by atoms with Crippen LogP contribution in [0.1, 0.15) is 37.8 Å². The van der Waals surface area contributed by atoms with Gasteiger partial charge in [-0.05, 0) is 25.3 Å². The number of nitrogens with zero attached hydrogens (tertiary/aromatic N) is 2. The summed E-state index contributed by atoms with van der Waals surface area (Å²) >= 11 is 0. The zero-order chi connectivity index (χ0) is 17.5. The molecule has 0 bridgehead atoms. The van der Waals surface area contributed by atoms with Crippen LogP contribution in [-0.4, -0.2) is 49.4 Å². The molecule has 0 aliphatic carbocycles. The van der Waals surface area contributed by atoms with Crippen molar-refractivity contribution in [3.05, 3.63) is 35.4 Å². The number of rotatable bonds is 9. The fourth-order valence-corrected chi connectivity index (χ4v) is 3.07. The minimum atomic E-state index is -3.45. The Morgan fingerprint density at radius 2 is 1.57 bits per heavy atom. The summed E-state index contributed by atoms with van der Waals surface area (Å²) in [5.41, 5.74) is 2.00. The van der Waals surface area contributed by atoms with Crippen molar-refractivity contribution >= 4 is 15.9 Å². The lowest BCUT2D eigenvalue weighted by Crippen LogP contribution is -2.42. The van der Waals surface area contributed by atoms with Gasteiger partial charge in [-0.3, -0.25) is 4.79 Å². The number of carbonyl (C=O) groups excluding carboxylic acids is 1. The molecule has 1 aromatic carbocycles. The molecule has 5 nitrogen and oxygen atoms in total. The first-order valence-corrected chi connectivity index (χ1v) is 9.91. The van der Waals surface area contributed by atoms with Crippen LogP contribution in [0.2, 0.25) is 0 Å². The van der Waals surface area contributed by atoms with Crippen LogP contribution in [0.15, 0.2) is 24.3 Å². The number of amides is 1. The maximum absolute atomic E-state index is 12.4. The van der Waals surface area contributed by atoms with Crippen LogP contribution >= 0.6 is 0 Å². The third-order valence-corrected chi connectivity index (χ3v) is 4.80. The van der Waals surface area contributed by atoms with Gasteiger partial charge < -0.3 is 4.90 Å². The van der Waals surface area contributed by atoms with Gasteiger partial charge in [0.15, 0.2) is 0 Å². The lowest BCUT2D eigenvalue weighted by atomic mass is 10.1. The van der Waals surface area contributed by atoms with Gasteiger partial charge in [0.05, 0.1) is 12.8 Å². The van der Waals surface area contributed by atoms with Gasteiger partial charge in [-0.25, -0.2) is 8.42 Å². The minimum absolute atomic E-state index is 0.104. The van der Waals surface area contributed by atoms with Crippen molar-refractivity contribution in [3.8, 4) is 0 Å². The van der Waals surface area contributed by atoms with E-state index in [1.807, 2.05) is 45.0 Å². The predicted molar refractivity (Wildman–Crippen MR) is 93.6 cm³/mol. The molecule has 0 spiro atoms. The summed E-state index contributed by atoms with van der Waals surface area (Å²) in [6.45, 7) is 7.44. The fraction of sp³-hybridized carbons (Fsp3) is 0.588. The summed E-state index contributed by atoms with van der Waals surface area (Å²) in [6.07, 6.45) is 2.88. The molecule has 6 heteroatoms. The molecule has 0 saturated carbocycles. The third kappa shape index (κ3) is 6.71. The average Bonchev–Trinajstić information content (AvgIpc) is 2.47. The van der Waals surface area contributed by atoms with Crippen LogP contribution in [0.25, 0.3) is 0 Å². The number of hydrogen-bond acceptors (Lipinski definition) is 3. The smallest absolute Gasteiger partial charge is 0.237 e. The van der Waals surface area contributed by atoms with Crippen LogP contribution in [0, 0.1) is 6.92 Å². The van der Waals surface area contributed by atoms with E-state index in [1.54, 1.807) is 4.90 Å². The van der Waals surface area contributed by atoms with Crippen molar-refractivity contribution < 1.29 is 13.2 Å². The molecule has 23 heavy (non-hydrogen) atoms. The lowest BCUT2D eigenvalue weighted by molar-refractivity contribution is -0.131. The second-order valence-electron chi connectivity index (χ2n) is 5.90. The summed E-state index contributed by atoms with van der Waals surface area (Å²) in [6, 6.07) is 7.68. The van der Waals surface area contributed by atoms with E-state index in [-0.39, 0.29) is 19.0 Å². The first-order chi connectivity index (χ1) is 10.8. The predicted octanol–water partition coefficient (Wildman–Crippen LogP) is 2.41. The Morgan fingerprint density at radius 3 is 2.00 bits per heavy atom. The Bertz CT molecular complexity index is 591. The largest absolute Gasteiger partial charge is 0.342 e. The molecule has 0 heterocycles. The van der Waals surface area contributed by atoms with Gasteiger partial charge in [-0.2, -0.15) is 4.31 Å². The summed E-state index contributed by atoms with van der Waals surface area (Å²) in [7, 11) is -3.45. The van der Waals surface area contributed by atoms with Crippen molar-refractivity contribution in [2.24, 2.45) is 0 Å². The van der Waals surface area contributed by atoms with Gasteiger partial charge in [0.25, 0.3) is 0 Å². The Hall–Kier alpha value is -1.40. The summed E-state index contributed by atoms with van der Waals surface area (Å²) in [5.74, 6) is -0.133. The lowest BCUT2D eigenvalue weighted by Gasteiger charge is -2.26. The van der Waals surface area contributed by atoms with E-state index in [0.29, 0.717) is 13.1 Å². The van der Waals surface area contributed by atoms with Crippen LogP contribution in [-0.2, 0) is 21.4 Å². The minimum Gasteiger partial charge on any atom is -0.342 e. The molecule has 1 aromatic rings. The molecule has 0 unspecified atom stereocenters. The van der Waals surface area contributed by atoms with Crippen LogP contribution in [0.4, 0.5) is 0 Å². The average molecular weight is 340 g/mol. The highest BCUT2D eigenvalue weighted by atomic mass is 32.2. The number of hydrogen-bond donors (Lipinski definition) is 0. The van der Waals surface area contributed by atoms with E-state index in [1.165, 1.54) is 4.31 Å². The van der Waals surface area contributed by atoms with Crippen molar-refractivity contribution in [1.29, 1.82) is 0 Å². The molecule has 0 saturated heterocycles. The number of carbonyl (C=O) groups is 1. The Morgan fingerprint density at radius 1 is 1.04 bits per heavy atom. The molecule has 0 aliphatic heterocycles. The molecule has 0 N–H and O–H groups in total. The summed E-state index contributed by atoms with van der Waals surface area (Å²) in [4.78, 5) is 14.2. The fourth-order valence-electron chi connectivity index (χ4n) is 2.34. The topological polar surface area (TPSA) is 57.7 Å². The van der Waals surface area contributed by atoms with Gasteiger partial charge in [-0.15, -0.1) is 0 Å². The highest BCUT2D eigenvalue weighted by Crippen LogP contribution is 2.11. The van der Waals surface area contributed by atoms with E-state index in [0.717, 1.165) is 30.2 Å². The molecule has 0 aliphatic rings. The molecule has 0 aromatic heterocycles. The van der Waals surface area contributed by atoms with Crippen molar-refractivity contribution in [2.75, 3.05) is 25.9 Å². The number of sulfonamides is 1. The number of benzene rings is 1. The normalized spacial score (nSPS) is 11.7. The maximum Gasteiger partial charge on any atom is 0.237 e. The van der Waals surface area contributed by atoms with E-state index >= 15 is 0 Å². The van der Waals surface area contributed by atoms with Gasteiger partial charge in [0, 0.05) is 19.6 Å². The summed E-state index contributed by atoms with van der Waals surface area (Å²) < 4.78 is 25.3. The van der Waals surface area contributed by atoms with Gasteiger partial charge >= 0.3 is 0 Å². The maximum atomic E-state index is 12.4. The number of aryl methyl sites for hydroxylation is 1. The highest BCUT2D eigenvalue weighted by Gasteiger charge is 2.23. The molecule has 0 radical (unpaired) electrons. The van der Waals surface area contributed by atoms with Crippen LogP contribution in [0.5, 0.6) is 0 Å². The molecule has 1 amide bonds. The van der Waals surface area contributed by atoms with E-state index in [2.05, 4.69) is 0 Å².